The molecule has 1 N–H and O–H groups in total. The van der Waals surface area contributed by atoms with Crippen LogP contribution in [0.1, 0.15) is 62.5 Å². The fourth-order valence-corrected chi connectivity index (χ4v) is 7.07. The average molecular weight is 551 g/mol. The summed E-state index contributed by atoms with van der Waals surface area (Å²) in [6.45, 7) is 9.24. The van der Waals surface area contributed by atoms with E-state index in [4.69, 9.17) is 10.1 Å². The van der Waals surface area contributed by atoms with Crippen LogP contribution in [0.5, 0.6) is 0 Å². The molecular formula is C26H33F3N6S2. The van der Waals surface area contributed by atoms with E-state index in [1.54, 1.807) is 35.8 Å². The van der Waals surface area contributed by atoms with Gasteiger partial charge in [0.15, 0.2) is 0 Å². The maximum Gasteiger partial charge on any atom is 0.446 e. The van der Waals surface area contributed by atoms with Gasteiger partial charge in [0, 0.05) is 36.5 Å². The Morgan fingerprint density at radius 3 is 2.65 bits per heavy atom. The Labute approximate surface area is 224 Å². The van der Waals surface area contributed by atoms with Gasteiger partial charge >= 0.3 is 5.51 Å². The molecule has 0 radical (unpaired) electrons. The number of aryl methyl sites for hydroxylation is 2. The molecule has 2 aromatic heterocycles. The molecule has 1 saturated carbocycles. The molecule has 0 spiro atoms. The summed E-state index contributed by atoms with van der Waals surface area (Å²) in [7, 11) is 0. The van der Waals surface area contributed by atoms with Gasteiger partial charge in [-0.05, 0) is 98.4 Å². The number of hydrogen-bond acceptors (Lipinski definition) is 7. The topological polar surface area (TPSA) is 58.9 Å². The Hall–Kier alpha value is -2.27. The summed E-state index contributed by atoms with van der Waals surface area (Å²) in [5, 5.41) is 9.71. The van der Waals surface area contributed by atoms with Gasteiger partial charge in [-0.2, -0.15) is 22.5 Å². The molecule has 4 atom stereocenters. The zero-order chi connectivity index (χ0) is 26.2. The molecule has 3 aromatic rings. The van der Waals surface area contributed by atoms with Crippen molar-refractivity contribution in [2.75, 3.05) is 23.3 Å². The van der Waals surface area contributed by atoms with Gasteiger partial charge in [0.05, 0.1) is 5.69 Å². The van der Waals surface area contributed by atoms with Gasteiger partial charge in [-0.3, -0.25) is 0 Å². The highest BCUT2D eigenvalue weighted by atomic mass is 32.2. The molecule has 11 heteroatoms. The summed E-state index contributed by atoms with van der Waals surface area (Å²) in [6, 6.07) is 9.14. The van der Waals surface area contributed by atoms with E-state index >= 15 is 0 Å². The lowest BCUT2D eigenvalue weighted by atomic mass is 9.91. The minimum absolute atomic E-state index is 0.0312. The van der Waals surface area contributed by atoms with Crippen molar-refractivity contribution in [3.63, 3.8) is 0 Å². The number of hydrogen-bond donors (Lipinski definition) is 1. The first-order valence-electron chi connectivity index (χ1n) is 13.0. The highest BCUT2D eigenvalue weighted by molar-refractivity contribution is 8.00. The Morgan fingerprint density at radius 2 is 1.97 bits per heavy atom. The number of alkyl halides is 3. The summed E-state index contributed by atoms with van der Waals surface area (Å²) in [6.07, 6.45) is 4.19. The first-order valence-corrected chi connectivity index (χ1v) is 14.5. The third-order valence-corrected chi connectivity index (χ3v) is 9.25. The van der Waals surface area contributed by atoms with Gasteiger partial charge in [-0.25, -0.2) is 4.68 Å². The van der Waals surface area contributed by atoms with Gasteiger partial charge < -0.3 is 10.2 Å². The summed E-state index contributed by atoms with van der Waals surface area (Å²) in [5.74, 6) is 2.58. The number of nitrogens with one attached hydrogen (secondary N) is 1. The zero-order valence-electron chi connectivity index (χ0n) is 21.3. The fraction of sp³-hybridized carbons (Fsp3) is 0.577. The standard InChI is InChI=1S/C26H33F3N6S2/c1-4-34(22-14-17(3)33-37-22)15-19-8-7-16(2)23(19)30-25-31-24-21(6-5-13-35(24)32-25)18-9-11-20(12-10-18)36-26(27,28)29/h9-12,14,16,19,21,23H,4-8,13,15H2,1-3H3,(H,30,32)/t16-,19-,21?,23+/m0/s1. The normalized spacial score (nSPS) is 23.7. The van der Waals surface area contributed by atoms with Crippen molar-refractivity contribution in [1.82, 2.24) is 19.1 Å². The van der Waals surface area contributed by atoms with Crippen molar-refractivity contribution in [3.05, 3.63) is 47.4 Å². The molecule has 5 rings (SSSR count). The lowest BCUT2D eigenvalue weighted by Crippen LogP contribution is -2.38. The van der Waals surface area contributed by atoms with Crippen molar-refractivity contribution in [2.45, 2.75) is 75.4 Å². The molecule has 6 nitrogen and oxygen atoms in total. The van der Waals surface area contributed by atoms with E-state index in [2.05, 4.69) is 34.5 Å². The fourth-order valence-electron chi connectivity index (χ4n) is 5.70. The van der Waals surface area contributed by atoms with Crippen LogP contribution in [0.3, 0.4) is 0 Å². The molecule has 0 saturated heterocycles. The maximum absolute atomic E-state index is 12.7. The molecule has 0 amide bonds. The van der Waals surface area contributed by atoms with E-state index in [0.29, 0.717) is 17.8 Å². The third kappa shape index (κ3) is 6.08. The SMILES string of the molecule is CCN(C[C@@H]1CC[C@H](C)[C@H]1Nc1nc2n(n1)CCCC2c1ccc(SC(F)(F)F)cc1)c1cc(C)ns1. The van der Waals surface area contributed by atoms with E-state index in [1.807, 2.05) is 11.6 Å². The van der Waals surface area contributed by atoms with Crippen molar-refractivity contribution in [1.29, 1.82) is 0 Å². The lowest BCUT2D eigenvalue weighted by Gasteiger charge is -2.29. The number of rotatable bonds is 8. The Kier molecular flexibility index (Phi) is 7.72. The predicted octanol–water partition coefficient (Wildman–Crippen LogP) is 6.93. The average Bonchev–Trinajstić information content (AvgIpc) is 3.56. The van der Waals surface area contributed by atoms with Crippen LogP contribution in [0.25, 0.3) is 0 Å². The van der Waals surface area contributed by atoms with Crippen LogP contribution in [0.15, 0.2) is 35.2 Å². The van der Waals surface area contributed by atoms with Crippen LogP contribution in [0.2, 0.25) is 0 Å². The Bertz CT molecular complexity index is 1190. The molecule has 37 heavy (non-hydrogen) atoms. The number of benzene rings is 1. The zero-order valence-corrected chi connectivity index (χ0v) is 23.0. The van der Waals surface area contributed by atoms with Crippen molar-refractivity contribution < 1.29 is 13.2 Å². The van der Waals surface area contributed by atoms with Gasteiger partial charge in [0.2, 0.25) is 5.95 Å². The van der Waals surface area contributed by atoms with Gasteiger partial charge in [0.25, 0.3) is 0 Å². The van der Waals surface area contributed by atoms with Crippen molar-refractivity contribution >= 4 is 34.2 Å². The molecule has 200 valence electrons. The van der Waals surface area contributed by atoms with Gasteiger partial charge in [-0.15, -0.1) is 5.10 Å². The Balaban J connectivity index is 1.30. The number of anilines is 2. The smallest absolute Gasteiger partial charge is 0.362 e. The molecule has 0 bridgehead atoms. The highest BCUT2D eigenvalue weighted by Crippen LogP contribution is 2.39. The minimum Gasteiger partial charge on any atom is -0.362 e. The first-order chi connectivity index (χ1) is 17.7. The van der Waals surface area contributed by atoms with Gasteiger partial charge in [0.1, 0.15) is 10.8 Å². The third-order valence-electron chi connectivity index (χ3n) is 7.56. The van der Waals surface area contributed by atoms with Crippen molar-refractivity contribution in [3.8, 4) is 0 Å². The monoisotopic (exact) mass is 550 g/mol. The first kappa shape index (κ1) is 26.3. The number of fused-ring (bicyclic) bond motifs is 1. The minimum atomic E-state index is -4.28. The van der Waals surface area contributed by atoms with Crippen LogP contribution in [0.4, 0.5) is 24.1 Å². The van der Waals surface area contributed by atoms with Crippen LogP contribution in [-0.4, -0.2) is 43.8 Å². The molecule has 1 fully saturated rings. The van der Waals surface area contributed by atoms with Crippen LogP contribution in [-0.2, 0) is 6.54 Å². The number of nitrogens with zero attached hydrogens (tertiary/aromatic N) is 5. The largest absolute Gasteiger partial charge is 0.446 e. The lowest BCUT2D eigenvalue weighted by molar-refractivity contribution is -0.0328. The van der Waals surface area contributed by atoms with E-state index in [9.17, 15) is 13.2 Å². The molecule has 1 aliphatic carbocycles. The number of thioether (sulfide) groups is 1. The van der Waals surface area contributed by atoms with E-state index in [0.717, 1.165) is 56.0 Å². The van der Waals surface area contributed by atoms with E-state index in [1.165, 1.54) is 11.4 Å². The number of aromatic nitrogens is 4. The highest BCUT2D eigenvalue weighted by Gasteiger charge is 2.36. The van der Waals surface area contributed by atoms with Gasteiger partial charge in [-0.1, -0.05) is 19.1 Å². The second-order valence-corrected chi connectivity index (χ2v) is 12.1. The molecule has 1 aromatic carbocycles. The second-order valence-electron chi connectivity index (χ2n) is 10.2. The predicted molar refractivity (Wildman–Crippen MR) is 143 cm³/mol. The summed E-state index contributed by atoms with van der Waals surface area (Å²) >= 11 is 1.48. The maximum atomic E-state index is 12.7. The summed E-state index contributed by atoms with van der Waals surface area (Å²) < 4.78 is 44.6. The molecule has 3 heterocycles. The quantitative estimate of drug-likeness (QED) is 0.307. The number of halogens is 3. The molecule has 1 aliphatic heterocycles. The van der Waals surface area contributed by atoms with Crippen molar-refractivity contribution in [2.24, 2.45) is 11.8 Å². The van der Waals surface area contributed by atoms with Crippen LogP contribution in [0, 0.1) is 18.8 Å². The summed E-state index contributed by atoms with van der Waals surface area (Å²) in [5.41, 5.74) is -2.24. The van der Waals surface area contributed by atoms with E-state index < -0.39 is 5.51 Å². The van der Waals surface area contributed by atoms with Crippen LogP contribution >= 0.6 is 23.3 Å². The second kappa shape index (κ2) is 10.8. The molecule has 2 aliphatic rings. The van der Waals surface area contributed by atoms with E-state index in [-0.39, 0.29) is 28.6 Å². The molecule has 1 unspecified atom stereocenters. The Morgan fingerprint density at radius 1 is 1.19 bits per heavy atom. The van der Waals surface area contributed by atoms with Crippen LogP contribution < -0.4 is 10.2 Å². The summed E-state index contributed by atoms with van der Waals surface area (Å²) in [4.78, 5) is 7.54. The molecular weight excluding hydrogens is 517 g/mol.